The first-order valence-electron chi connectivity index (χ1n) is 14.0. The van der Waals surface area contributed by atoms with Gasteiger partial charge in [-0.1, -0.05) is 23.7 Å². The number of likely N-dealkylation sites (tertiary alicyclic amines) is 1. The van der Waals surface area contributed by atoms with E-state index in [0.29, 0.717) is 59.4 Å². The highest BCUT2D eigenvalue weighted by Gasteiger charge is 2.57. The quantitative estimate of drug-likeness (QED) is 0.241. The van der Waals surface area contributed by atoms with E-state index in [0.717, 1.165) is 31.0 Å². The van der Waals surface area contributed by atoms with Crippen molar-refractivity contribution in [3.8, 4) is 5.88 Å². The van der Waals surface area contributed by atoms with Gasteiger partial charge in [-0.05, 0) is 48.6 Å². The van der Waals surface area contributed by atoms with Crippen molar-refractivity contribution in [1.82, 2.24) is 19.4 Å². The van der Waals surface area contributed by atoms with Gasteiger partial charge in [0.15, 0.2) is 5.82 Å². The van der Waals surface area contributed by atoms with Crippen LogP contribution in [0.15, 0.2) is 48.5 Å². The van der Waals surface area contributed by atoms with Crippen LogP contribution in [0.1, 0.15) is 39.8 Å². The molecule has 0 N–H and O–H groups in total. The number of methoxy groups -OCH3 is 1. The molecule has 3 aliphatic rings. The minimum Gasteiger partial charge on any atom is -0.473 e. The van der Waals surface area contributed by atoms with E-state index in [1.165, 1.54) is 19.2 Å². The summed E-state index contributed by atoms with van der Waals surface area (Å²) in [7, 11) is 1.28. The maximum atomic E-state index is 15.0. The Hall–Kier alpha value is -3.60. The van der Waals surface area contributed by atoms with Gasteiger partial charge in [0.05, 0.1) is 37.4 Å². The minimum atomic E-state index is -0.587. The van der Waals surface area contributed by atoms with E-state index in [4.69, 9.17) is 30.8 Å². The van der Waals surface area contributed by atoms with Crippen LogP contribution in [0.2, 0.25) is 5.02 Å². The average molecular weight is 595 g/mol. The predicted octanol–water partition coefficient (Wildman–Crippen LogP) is 5.36. The highest BCUT2D eigenvalue weighted by molar-refractivity contribution is 6.30. The van der Waals surface area contributed by atoms with Gasteiger partial charge in [0.1, 0.15) is 23.8 Å². The van der Waals surface area contributed by atoms with Crippen LogP contribution in [-0.2, 0) is 29.2 Å². The third kappa shape index (κ3) is 5.12. The van der Waals surface area contributed by atoms with Gasteiger partial charge in [-0.3, -0.25) is 4.90 Å². The van der Waals surface area contributed by atoms with Gasteiger partial charge in [0, 0.05) is 48.0 Å². The Labute approximate surface area is 246 Å². The van der Waals surface area contributed by atoms with Crippen LogP contribution in [0, 0.1) is 23.5 Å². The highest BCUT2D eigenvalue weighted by atomic mass is 35.5. The Morgan fingerprint density at radius 2 is 1.90 bits per heavy atom. The molecule has 2 unspecified atom stereocenters. The Balaban J connectivity index is 1.04. The maximum absolute atomic E-state index is 15.0. The third-order valence-electron chi connectivity index (χ3n) is 8.60. The lowest BCUT2D eigenvalue weighted by molar-refractivity contribution is -0.0591. The SMILES string of the molecule is COC(=O)c1cc(F)c2nc(CN3C[C@@H]4C(c5cccc(OCc6ccc(Cl)cc6F)n5)[C@@H]4C3)n(CC3CCO3)c2c1. The number of imidazole rings is 1. The topological polar surface area (TPSA) is 78.7 Å². The first-order valence-corrected chi connectivity index (χ1v) is 14.4. The molecule has 2 aromatic carbocycles. The fourth-order valence-electron chi connectivity index (χ4n) is 6.29. The molecule has 0 radical (unpaired) electrons. The minimum absolute atomic E-state index is 0.0408. The number of halogens is 3. The van der Waals surface area contributed by atoms with E-state index < -0.39 is 17.6 Å². The van der Waals surface area contributed by atoms with E-state index in [1.807, 2.05) is 16.7 Å². The zero-order valence-corrected chi connectivity index (χ0v) is 23.7. The number of piperidine rings is 1. The molecule has 4 aromatic rings. The van der Waals surface area contributed by atoms with Gasteiger partial charge < -0.3 is 18.8 Å². The molecule has 2 aromatic heterocycles. The summed E-state index contributed by atoms with van der Waals surface area (Å²) in [5.74, 6) is 0.921. The number of hydrogen-bond donors (Lipinski definition) is 0. The molecule has 7 rings (SSSR count). The molecule has 3 fully saturated rings. The molecule has 2 saturated heterocycles. The predicted molar refractivity (Wildman–Crippen MR) is 150 cm³/mol. The summed E-state index contributed by atoms with van der Waals surface area (Å²) in [6.45, 7) is 3.64. The zero-order valence-electron chi connectivity index (χ0n) is 22.9. The summed E-state index contributed by atoms with van der Waals surface area (Å²) in [4.78, 5) is 23.9. The van der Waals surface area contributed by atoms with Crippen molar-refractivity contribution in [2.75, 3.05) is 26.8 Å². The van der Waals surface area contributed by atoms with Crippen LogP contribution in [0.5, 0.6) is 5.88 Å². The number of carbonyl (C=O) groups excluding carboxylic acids is 1. The lowest BCUT2D eigenvalue weighted by atomic mass is 10.1. The van der Waals surface area contributed by atoms with Crippen molar-refractivity contribution in [3.63, 3.8) is 0 Å². The van der Waals surface area contributed by atoms with E-state index in [-0.39, 0.29) is 23.8 Å². The standard InChI is InChI=1S/C31H29ClF2N4O4/c1-40-31(39)18-9-24(34)30-26(10-18)38(12-20-7-8-41-20)27(36-30)15-37-13-21-22(14-37)29(21)25-3-2-4-28(35-25)42-16-17-5-6-19(32)11-23(17)33/h2-6,9-11,20-22,29H,7-8,12-16H2,1H3/t20?,21-,22+,29?. The Morgan fingerprint density at radius 1 is 1.10 bits per heavy atom. The number of nitrogens with zero attached hydrogens (tertiary/aromatic N) is 4. The van der Waals surface area contributed by atoms with Crippen molar-refractivity contribution in [2.45, 2.75) is 38.1 Å². The molecule has 2 aliphatic heterocycles. The molecule has 42 heavy (non-hydrogen) atoms. The molecule has 4 heterocycles. The van der Waals surface area contributed by atoms with E-state index in [1.54, 1.807) is 24.3 Å². The molecule has 0 bridgehead atoms. The normalized spacial score (nSPS) is 23.0. The van der Waals surface area contributed by atoms with Gasteiger partial charge in [-0.2, -0.15) is 0 Å². The fourth-order valence-corrected chi connectivity index (χ4v) is 6.45. The number of ether oxygens (including phenoxy) is 3. The average Bonchev–Trinajstić information content (AvgIpc) is 3.27. The van der Waals surface area contributed by atoms with Gasteiger partial charge in [-0.15, -0.1) is 0 Å². The number of benzene rings is 2. The number of esters is 1. The summed E-state index contributed by atoms with van der Waals surface area (Å²) < 4.78 is 47.4. The number of rotatable bonds is 9. The molecule has 0 spiro atoms. The molecule has 8 nitrogen and oxygen atoms in total. The van der Waals surface area contributed by atoms with Crippen LogP contribution < -0.4 is 4.74 Å². The van der Waals surface area contributed by atoms with Crippen LogP contribution >= 0.6 is 11.6 Å². The van der Waals surface area contributed by atoms with Gasteiger partial charge in [0.25, 0.3) is 0 Å². The van der Waals surface area contributed by atoms with Gasteiger partial charge in [-0.25, -0.2) is 23.5 Å². The molecule has 4 atom stereocenters. The van der Waals surface area contributed by atoms with Crippen molar-refractivity contribution in [1.29, 1.82) is 0 Å². The molecular weight excluding hydrogens is 566 g/mol. The summed E-state index contributed by atoms with van der Waals surface area (Å²) in [5, 5.41) is 0.343. The van der Waals surface area contributed by atoms with Crippen LogP contribution in [0.25, 0.3) is 11.0 Å². The molecule has 218 valence electrons. The first-order chi connectivity index (χ1) is 20.4. The summed E-state index contributed by atoms with van der Waals surface area (Å²) in [6, 6.07) is 13.1. The summed E-state index contributed by atoms with van der Waals surface area (Å²) >= 11 is 5.84. The second kappa shape index (κ2) is 10.9. The zero-order chi connectivity index (χ0) is 29.0. The Bertz CT molecular complexity index is 1660. The van der Waals surface area contributed by atoms with Crippen molar-refractivity contribution >= 4 is 28.6 Å². The highest BCUT2D eigenvalue weighted by Crippen LogP contribution is 2.58. The van der Waals surface area contributed by atoms with Gasteiger partial charge in [0.2, 0.25) is 5.88 Å². The van der Waals surface area contributed by atoms with Crippen LogP contribution in [0.4, 0.5) is 8.78 Å². The Kier molecular flexibility index (Phi) is 7.08. The van der Waals surface area contributed by atoms with E-state index >= 15 is 4.39 Å². The lowest BCUT2D eigenvalue weighted by Gasteiger charge is -2.28. The maximum Gasteiger partial charge on any atom is 0.338 e. The number of hydrogen-bond acceptors (Lipinski definition) is 7. The van der Waals surface area contributed by atoms with E-state index in [9.17, 15) is 9.18 Å². The molecule has 0 amide bonds. The number of carbonyl (C=O) groups is 1. The number of aromatic nitrogens is 3. The van der Waals surface area contributed by atoms with Gasteiger partial charge >= 0.3 is 5.97 Å². The van der Waals surface area contributed by atoms with Crippen LogP contribution in [-0.4, -0.2) is 58.3 Å². The number of fused-ring (bicyclic) bond motifs is 2. The summed E-state index contributed by atoms with van der Waals surface area (Å²) in [6.07, 6.45) is 0.970. The molecule has 1 aliphatic carbocycles. The van der Waals surface area contributed by atoms with E-state index in [2.05, 4.69) is 9.88 Å². The fraction of sp³-hybridized carbons (Fsp3) is 0.387. The molecular formula is C31H29ClF2N4O4. The smallest absolute Gasteiger partial charge is 0.338 e. The van der Waals surface area contributed by atoms with Crippen LogP contribution in [0.3, 0.4) is 0 Å². The first kappa shape index (κ1) is 27.2. The van der Waals surface area contributed by atoms with Crippen molar-refractivity contribution in [3.05, 3.63) is 87.8 Å². The second-order valence-corrected chi connectivity index (χ2v) is 11.6. The van der Waals surface area contributed by atoms with Crippen molar-refractivity contribution < 1.29 is 27.8 Å². The summed E-state index contributed by atoms with van der Waals surface area (Å²) in [5.41, 5.74) is 2.38. The Morgan fingerprint density at radius 3 is 2.62 bits per heavy atom. The lowest BCUT2D eigenvalue weighted by Crippen LogP contribution is -2.33. The monoisotopic (exact) mass is 594 g/mol. The molecule has 1 saturated carbocycles. The molecule has 11 heteroatoms. The van der Waals surface area contributed by atoms with Crippen molar-refractivity contribution in [2.24, 2.45) is 11.8 Å². The second-order valence-electron chi connectivity index (χ2n) is 11.2. The third-order valence-corrected chi connectivity index (χ3v) is 8.83. The largest absolute Gasteiger partial charge is 0.473 e. The number of pyridine rings is 1.